The first-order valence-electron chi connectivity index (χ1n) is 0. The maximum Gasteiger partial charge on any atom is 0 e. The van der Waals surface area contributed by atoms with Gasteiger partial charge in [0.15, 0.2) is 0 Å². The van der Waals surface area contributed by atoms with Crippen molar-refractivity contribution in [3.05, 3.63) is 0 Å². The van der Waals surface area contributed by atoms with Crippen LogP contribution in [0.25, 0.3) is 0 Å². The molecule has 0 heterocycles. The molecule has 0 rings (SSSR count). The third kappa shape index (κ3) is 9.63. The van der Waals surface area contributed by atoms with Gasteiger partial charge >= 0.3 is 0 Å². The van der Waals surface area contributed by atoms with Crippen molar-refractivity contribution in [1.29, 1.82) is 0 Å². The molecule has 0 bridgehead atoms. The Balaban J connectivity index is 0. The minimum Gasteiger partial charge on any atom is -1.00 e. The molecule has 0 saturated heterocycles. The van der Waals surface area contributed by atoms with Crippen molar-refractivity contribution < 1.29 is 12.4 Å². The Labute approximate surface area is 60.2 Å². The summed E-state index contributed by atoms with van der Waals surface area (Å²) in [5.74, 6) is 0. The molecule has 0 aliphatic heterocycles. The van der Waals surface area contributed by atoms with Gasteiger partial charge in [-0.25, -0.2) is 0 Å². The average molecular weight is 113 g/mol. The molecule has 0 fully saturated rings. The number of rotatable bonds is 0. The van der Waals surface area contributed by atoms with Crippen molar-refractivity contribution in [3.8, 4) is 0 Å². The van der Waals surface area contributed by atoms with Crippen LogP contribution in [-0.4, -0.2) is 29.6 Å². The molecule has 4 N–H and O–H groups in total. The van der Waals surface area contributed by atoms with Gasteiger partial charge in [0.1, 0.15) is 0 Å². The maximum atomic E-state index is 0. The molecule has 0 saturated carbocycles. The standard InChI is InChI=1S/2ClH.H3N.Na/h2*1H;1H3;. The zero-order valence-corrected chi connectivity index (χ0v) is 6.36. The van der Waals surface area contributed by atoms with Gasteiger partial charge < -0.3 is 18.6 Å². The minimum absolute atomic E-state index is 0. The molecule has 0 aliphatic carbocycles. The van der Waals surface area contributed by atoms with Crippen LogP contribution in [0.15, 0.2) is 0 Å². The maximum absolute atomic E-state index is 0. The van der Waals surface area contributed by atoms with E-state index in [-0.39, 0.29) is 60.5 Å². The molecule has 1 nitrogen and oxygen atoms in total. The summed E-state index contributed by atoms with van der Waals surface area (Å²) in [4.78, 5) is 0. The van der Waals surface area contributed by atoms with E-state index in [9.17, 15) is 0 Å². The van der Waals surface area contributed by atoms with Crippen LogP contribution in [0.3, 0.4) is 0 Å². The molecule has 0 aliphatic rings. The monoisotopic (exact) mass is 112 g/mol. The molecule has 1 radical (unpaired) electrons. The Morgan fingerprint density at radius 3 is 1.00 bits per heavy atom. The molecule has 4 heavy (non-hydrogen) atoms. The van der Waals surface area contributed by atoms with Gasteiger partial charge in [0.2, 0.25) is 0 Å². The zero-order valence-electron chi connectivity index (χ0n) is 2.79. The smallest absolute Gasteiger partial charge is 0 e. The van der Waals surface area contributed by atoms with Crippen LogP contribution in [0.5, 0.6) is 0 Å². The molecule has 0 atom stereocenters. The Morgan fingerprint density at radius 1 is 1.00 bits per heavy atom. The fourth-order valence-electron chi connectivity index (χ4n) is 0. The summed E-state index contributed by atoms with van der Waals surface area (Å²) in [7, 11) is 0. The number of hydrogen-bond acceptors (Lipinski definition) is 0. The third-order valence-corrected chi connectivity index (χ3v) is 0. The largest absolute Gasteiger partial charge is 1.00 e. The summed E-state index contributed by atoms with van der Waals surface area (Å²) >= 11 is 0. The fraction of sp³-hybridized carbons (Fsp3) is 0. The van der Waals surface area contributed by atoms with E-state index >= 15 is 0 Å². The van der Waals surface area contributed by atoms with Crippen LogP contribution in [0, 0.1) is 0 Å². The summed E-state index contributed by atoms with van der Waals surface area (Å²) in [6, 6.07) is 0. The van der Waals surface area contributed by atoms with Gasteiger partial charge in [-0.05, 0) is 0 Å². The van der Waals surface area contributed by atoms with E-state index in [4.69, 9.17) is 0 Å². The zero-order chi connectivity index (χ0) is 0. The predicted octanol–water partition coefficient (Wildman–Crippen LogP) is -2.58. The number of quaternary nitrogens is 1. The summed E-state index contributed by atoms with van der Waals surface area (Å²) in [6.45, 7) is 0. The normalized spacial score (nSPS) is 0. The first kappa shape index (κ1) is 48.1. The van der Waals surface area contributed by atoms with Gasteiger partial charge in [0, 0.05) is 29.6 Å². The summed E-state index contributed by atoms with van der Waals surface area (Å²) < 4.78 is 0. The summed E-state index contributed by atoms with van der Waals surface area (Å²) in [6.07, 6.45) is 0. The first-order valence-corrected chi connectivity index (χ1v) is 0. The van der Waals surface area contributed by atoms with Crippen molar-refractivity contribution in [3.63, 3.8) is 0 Å². The first-order chi connectivity index (χ1) is 0. The van der Waals surface area contributed by atoms with Crippen LogP contribution in [0.1, 0.15) is 0 Å². The van der Waals surface area contributed by atoms with Crippen molar-refractivity contribution in [2.24, 2.45) is 0 Å². The van der Waals surface area contributed by atoms with Crippen molar-refractivity contribution in [2.45, 2.75) is 0 Å². The topological polar surface area (TPSA) is 36.5 Å². The molecule has 0 unspecified atom stereocenters. The van der Waals surface area contributed by atoms with E-state index in [1.54, 1.807) is 0 Å². The van der Waals surface area contributed by atoms with Crippen LogP contribution in [0.4, 0.5) is 0 Å². The predicted molar refractivity (Wildman–Crippen MR) is 19.0 cm³/mol. The summed E-state index contributed by atoms with van der Waals surface area (Å²) in [5.41, 5.74) is 0. The quantitative estimate of drug-likeness (QED) is 0.335. The van der Waals surface area contributed by atoms with Crippen LogP contribution < -0.4 is 18.6 Å². The molecular weight excluding hydrogens is 108 g/mol. The second-order valence-electron chi connectivity index (χ2n) is 0. The van der Waals surface area contributed by atoms with E-state index in [1.807, 2.05) is 0 Å². The van der Waals surface area contributed by atoms with Crippen molar-refractivity contribution in [1.82, 2.24) is 6.15 Å². The van der Waals surface area contributed by atoms with Gasteiger partial charge in [-0.2, -0.15) is 0 Å². The minimum atomic E-state index is 0. The number of halogens is 2. The van der Waals surface area contributed by atoms with E-state index in [1.165, 1.54) is 0 Å². The molecule has 0 aromatic rings. The van der Waals surface area contributed by atoms with Gasteiger partial charge in [-0.15, -0.1) is 12.4 Å². The Kier molecular flexibility index (Phi) is 289. The molecule has 0 aromatic carbocycles. The fourth-order valence-corrected chi connectivity index (χ4v) is 0. The van der Waals surface area contributed by atoms with Crippen LogP contribution in [-0.2, 0) is 0 Å². The van der Waals surface area contributed by atoms with Gasteiger partial charge in [-0.1, -0.05) is 0 Å². The second-order valence-corrected chi connectivity index (χ2v) is 0. The van der Waals surface area contributed by atoms with Crippen LogP contribution in [0.2, 0.25) is 0 Å². The van der Waals surface area contributed by atoms with E-state index in [2.05, 4.69) is 0 Å². The third-order valence-electron chi connectivity index (χ3n) is 0. The Bertz CT molecular complexity index is 6.00. The molecular formula is H5Cl2NNa. The van der Waals surface area contributed by atoms with E-state index in [0.717, 1.165) is 0 Å². The molecule has 0 amide bonds. The molecule has 0 aromatic heterocycles. The Morgan fingerprint density at radius 2 is 1.00 bits per heavy atom. The number of hydrogen-bond donors (Lipinski definition) is 1. The molecule has 0 spiro atoms. The van der Waals surface area contributed by atoms with Gasteiger partial charge in [0.05, 0.1) is 0 Å². The second kappa shape index (κ2) is 24.0. The van der Waals surface area contributed by atoms with Gasteiger partial charge in [0.25, 0.3) is 0 Å². The van der Waals surface area contributed by atoms with Crippen LogP contribution >= 0.6 is 12.4 Å². The summed E-state index contributed by atoms with van der Waals surface area (Å²) in [5, 5.41) is 0. The SMILES string of the molecule is Cl.[Cl-].[NH4+].[Na]. The van der Waals surface area contributed by atoms with E-state index < -0.39 is 0 Å². The molecule has 4 heteroatoms. The average Bonchev–Trinajstić information content (AvgIpc) is 0. The van der Waals surface area contributed by atoms with Gasteiger partial charge in [-0.3, -0.25) is 0 Å². The van der Waals surface area contributed by atoms with Crippen molar-refractivity contribution >= 4 is 42.0 Å². The Hall–Kier alpha value is 1.54. The van der Waals surface area contributed by atoms with Crippen molar-refractivity contribution in [2.75, 3.05) is 0 Å². The molecule has 25 valence electrons. The van der Waals surface area contributed by atoms with E-state index in [0.29, 0.717) is 0 Å².